The van der Waals surface area contributed by atoms with Crippen LogP contribution < -0.4 is 14.6 Å². The van der Waals surface area contributed by atoms with E-state index in [1.165, 1.54) is 6.07 Å². The Morgan fingerprint density at radius 3 is 2.57 bits per heavy atom. The van der Waals surface area contributed by atoms with E-state index in [4.69, 9.17) is 15.3 Å². The number of aromatic nitrogens is 2. The maximum absolute atomic E-state index is 14.9. The van der Waals surface area contributed by atoms with Crippen LogP contribution in [0.3, 0.4) is 0 Å². The van der Waals surface area contributed by atoms with Gasteiger partial charge in [-0.1, -0.05) is 84.2 Å². The highest BCUT2D eigenvalue weighted by Crippen LogP contribution is 2.26. The van der Waals surface area contributed by atoms with Crippen LogP contribution in [0.4, 0.5) is 10.2 Å². The largest absolute Gasteiger partial charge is 0.491 e. The van der Waals surface area contributed by atoms with Crippen molar-refractivity contribution in [2.24, 2.45) is 5.11 Å². The van der Waals surface area contributed by atoms with E-state index in [-0.39, 0.29) is 11.7 Å². The molecule has 0 spiro atoms. The van der Waals surface area contributed by atoms with E-state index in [1.54, 1.807) is 16.8 Å². The molecule has 1 aliphatic rings. The second-order valence-corrected chi connectivity index (χ2v) is 10.5. The van der Waals surface area contributed by atoms with Gasteiger partial charge in [-0.2, -0.15) is 4.57 Å². The fourth-order valence-electron chi connectivity index (χ4n) is 5.08. The van der Waals surface area contributed by atoms with Gasteiger partial charge in [-0.3, -0.25) is 5.32 Å². The van der Waals surface area contributed by atoms with Gasteiger partial charge in [0.05, 0.1) is 6.61 Å². The Morgan fingerprint density at radius 1 is 1.02 bits per heavy atom. The van der Waals surface area contributed by atoms with E-state index >= 15 is 0 Å². The Hall–Kier alpha value is -4.75. The Kier molecular flexibility index (Phi) is 9.41. The van der Waals surface area contributed by atoms with Crippen molar-refractivity contribution in [3.63, 3.8) is 0 Å². The van der Waals surface area contributed by atoms with E-state index < -0.39 is 11.9 Å². The van der Waals surface area contributed by atoms with E-state index in [2.05, 4.69) is 15.3 Å². The summed E-state index contributed by atoms with van der Waals surface area (Å²) in [4.78, 5) is 21.3. The Balaban J connectivity index is 1.28. The predicted octanol–water partition coefficient (Wildman–Crippen LogP) is 7.00. The number of unbranched alkanes of at least 4 members (excludes halogenated alkanes) is 3. The van der Waals surface area contributed by atoms with Crippen LogP contribution in [0, 0.1) is 12.7 Å². The molecule has 3 aromatic carbocycles. The molecule has 1 unspecified atom stereocenters. The molecule has 214 valence electrons. The Morgan fingerprint density at radius 2 is 1.81 bits per heavy atom. The van der Waals surface area contributed by atoms with Crippen LogP contribution >= 0.6 is 0 Å². The lowest BCUT2D eigenvalue weighted by atomic mass is 10.1. The number of nitrogens with one attached hydrogen (secondary N) is 1. The summed E-state index contributed by atoms with van der Waals surface area (Å²) in [5, 5.41) is 6.90. The van der Waals surface area contributed by atoms with Crippen LogP contribution in [-0.4, -0.2) is 30.1 Å². The number of fused-ring (bicyclic) bond motifs is 1. The molecular weight excluding hydrogens is 531 g/mol. The summed E-state index contributed by atoms with van der Waals surface area (Å²) in [6.45, 7) is 2.94. The number of anilines is 1. The number of azide groups is 1. The number of benzene rings is 3. The summed E-state index contributed by atoms with van der Waals surface area (Å²) in [5.74, 6) is 0.327. The van der Waals surface area contributed by atoms with Crippen LogP contribution in [-0.2, 0) is 12.8 Å². The Bertz CT molecular complexity index is 1590. The standard InChI is InChI=1S/C33H33FN6O2/c1-23-11-14-26(15-12-23)30-22-40-32(28(37-30)20-24-9-5-4-6-10-24)38-29(33(40)41)21-25-13-16-31(27(34)19-25)42-18-8-3-2-7-17-36-39-35/h4-6,9-16,19,22,29H,2-3,7-8,17-18,20-21H2,1H3/p+1. The number of ether oxygens (including phenoxy) is 1. The number of halogens is 1. The zero-order valence-electron chi connectivity index (χ0n) is 23.7. The number of carbonyl (C=O) groups excluding carboxylic acids is 1. The van der Waals surface area contributed by atoms with Gasteiger partial charge in [0.25, 0.3) is 0 Å². The molecule has 0 radical (unpaired) electrons. The average molecular weight is 566 g/mol. The van der Waals surface area contributed by atoms with Gasteiger partial charge in [0.1, 0.15) is 17.6 Å². The minimum Gasteiger partial charge on any atom is -0.491 e. The summed E-state index contributed by atoms with van der Waals surface area (Å²) in [5.41, 5.74) is 13.7. The molecule has 9 heteroatoms. The van der Waals surface area contributed by atoms with Crippen molar-refractivity contribution in [3.05, 3.63) is 118 Å². The highest BCUT2D eigenvalue weighted by atomic mass is 19.1. The van der Waals surface area contributed by atoms with Crippen LogP contribution in [0.2, 0.25) is 0 Å². The maximum Gasteiger partial charge on any atom is 0.359 e. The van der Waals surface area contributed by atoms with Gasteiger partial charge >= 0.3 is 11.7 Å². The number of aryl methyl sites for hydroxylation is 1. The fourth-order valence-corrected chi connectivity index (χ4v) is 5.08. The van der Waals surface area contributed by atoms with Gasteiger partial charge in [0.15, 0.2) is 17.6 Å². The zero-order chi connectivity index (χ0) is 29.3. The number of carbonyl (C=O) groups is 1. The molecule has 2 heterocycles. The SMILES string of the molecule is Cc1ccc(-c2c[n+]3c(c(Cc4ccccc4)n2)NC(Cc2ccc(OCCCCCCN=[N+]=[N-])c(F)c2)C3=O)cc1. The minimum absolute atomic E-state index is 0.101. The lowest BCUT2D eigenvalue weighted by molar-refractivity contribution is -0.552. The van der Waals surface area contributed by atoms with Gasteiger partial charge < -0.3 is 4.74 Å². The molecule has 0 aliphatic carbocycles. The molecule has 1 aromatic heterocycles. The van der Waals surface area contributed by atoms with Crippen molar-refractivity contribution in [2.45, 2.75) is 51.5 Å². The molecule has 4 aromatic rings. The second kappa shape index (κ2) is 13.7. The molecule has 1 N–H and O–H groups in total. The van der Waals surface area contributed by atoms with Crippen LogP contribution in [0.25, 0.3) is 21.7 Å². The van der Waals surface area contributed by atoms with Crippen LogP contribution in [0.5, 0.6) is 5.75 Å². The van der Waals surface area contributed by atoms with Gasteiger partial charge in [-0.25, -0.2) is 14.2 Å². The van der Waals surface area contributed by atoms with Crippen LogP contribution in [0.15, 0.2) is 84.1 Å². The molecule has 0 fully saturated rings. The fraction of sp³-hybridized carbons (Fsp3) is 0.303. The molecule has 8 nitrogen and oxygen atoms in total. The first kappa shape index (κ1) is 28.8. The van der Waals surface area contributed by atoms with Gasteiger partial charge in [0, 0.05) is 29.9 Å². The van der Waals surface area contributed by atoms with Crippen molar-refractivity contribution >= 4 is 11.7 Å². The lowest BCUT2D eigenvalue weighted by Gasteiger charge is -2.09. The van der Waals surface area contributed by atoms with Crippen LogP contribution in [0.1, 0.15) is 52.9 Å². The monoisotopic (exact) mass is 565 g/mol. The van der Waals surface area contributed by atoms with E-state index in [1.807, 2.05) is 67.6 Å². The first-order valence-electron chi connectivity index (χ1n) is 14.3. The van der Waals surface area contributed by atoms with Gasteiger partial charge in [-0.15, -0.1) is 0 Å². The van der Waals surface area contributed by atoms with Crippen molar-refractivity contribution in [2.75, 3.05) is 18.5 Å². The summed E-state index contributed by atoms with van der Waals surface area (Å²) < 4.78 is 22.2. The molecule has 5 rings (SSSR count). The van der Waals surface area contributed by atoms with Gasteiger partial charge in [-0.05, 0) is 48.6 Å². The lowest BCUT2D eigenvalue weighted by Crippen LogP contribution is -2.44. The quantitative estimate of drug-likeness (QED) is 0.0620. The molecule has 0 saturated heterocycles. The number of hydrogen-bond donors (Lipinski definition) is 1. The Labute approximate surface area is 244 Å². The van der Waals surface area contributed by atoms with E-state index in [0.29, 0.717) is 37.4 Å². The van der Waals surface area contributed by atoms with Crippen molar-refractivity contribution in [3.8, 4) is 17.0 Å². The van der Waals surface area contributed by atoms with E-state index in [0.717, 1.165) is 53.8 Å². The molecule has 0 bridgehead atoms. The summed E-state index contributed by atoms with van der Waals surface area (Å²) >= 11 is 0. The predicted molar refractivity (Wildman–Crippen MR) is 160 cm³/mol. The van der Waals surface area contributed by atoms with Crippen molar-refractivity contribution in [1.29, 1.82) is 0 Å². The third kappa shape index (κ3) is 7.11. The summed E-state index contributed by atoms with van der Waals surface area (Å²) in [7, 11) is 0. The number of hydrogen-bond acceptors (Lipinski definition) is 5. The normalized spacial score (nSPS) is 13.8. The third-order valence-corrected chi connectivity index (χ3v) is 7.34. The smallest absolute Gasteiger partial charge is 0.359 e. The summed E-state index contributed by atoms with van der Waals surface area (Å²) in [6, 6.07) is 22.5. The highest BCUT2D eigenvalue weighted by molar-refractivity contribution is 5.82. The first-order valence-corrected chi connectivity index (χ1v) is 14.3. The molecular formula is C33H34FN6O2+. The molecule has 0 amide bonds. The van der Waals surface area contributed by atoms with E-state index in [9.17, 15) is 9.18 Å². The average Bonchev–Trinajstić information content (AvgIpc) is 3.31. The maximum atomic E-state index is 14.9. The molecule has 1 aliphatic heterocycles. The number of rotatable bonds is 13. The highest BCUT2D eigenvalue weighted by Gasteiger charge is 2.41. The topological polar surface area (TPSA) is 104 Å². The van der Waals surface area contributed by atoms with Gasteiger partial charge in [0.2, 0.25) is 0 Å². The molecule has 0 saturated carbocycles. The van der Waals surface area contributed by atoms with Crippen molar-refractivity contribution in [1.82, 2.24) is 4.98 Å². The molecule has 1 atom stereocenters. The number of nitrogens with zero attached hydrogens (tertiary/aromatic N) is 5. The zero-order valence-corrected chi connectivity index (χ0v) is 23.7. The third-order valence-electron chi connectivity index (χ3n) is 7.34. The second-order valence-electron chi connectivity index (χ2n) is 10.5. The minimum atomic E-state index is -0.550. The summed E-state index contributed by atoms with van der Waals surface area (Å²) in [6.07, 6.45) is 6.16. The molecule has 42 heavy (non-hydrogen) atoms. The van der Waals surface area contributed by atoms with Crippen molar-refractivity contribution < 1.29 is 18.5 Å². The first-order chi connectivity index (χ1) is 20.5.